The Morgan fingerprint density at radius 1 is 0.933 bits per heavy atom. The Morgan fingerprint density at radius 3 is 2.47 bits per heavy atom. The van der Waals surface area contributed by atoms with Crippen molar-refractivity contribution in [1.29, 1.82) is 0 Å². The van der Waals surface area contributed by atoms with E-state index in [0.29, 0.717) is 0 Å². The van der Waals surface area contributed by atoms with Gasteiger partial charge in [-0.15, -0.1) is 0 Å². The Balaban J connectivity index is 1.73. The number of aromatic nitrogens is 3. The maximum absolute atomic E-state index is 6.61. The normalized spacial score (nSPS) is 15.4. The molecule has 0 radical (unpaired) electrons. The van der Waals surface area contributed by atoms with Crippen molar-refractivity contribution in [2.45, 2.75) is 20.4 Å². The lowest BCUT2D eigenvalue weighted by Gasteiger charge is -2.33. The summed E-state index contributed by atoms with van der Waals surface area (Å²) in [5.74, 6) is 1.03. The lowest BCUT2D eigenvalue weighted by atomic mass is 10.0. The molecule has 0 aliphatic carbocycles. The summed E-state index contributed by atoms with van der Waals surface area (Å²) >= 11 is 6.61. The van der Waals surface area contributed by atoms with Crippen LogP contribution in [0.25, 0.3) is 32.9 Å². The van der Waals surface area contributed by atoms with E-state index in [1.54, 1.807) is 0 Å². The van der Waals surface area contributed by atoms with Gasteiger partial charge in [0.05, 0.1) is 16.7 Å². The fourth-order valence-electron chi connectivity index (χ4n) is 4.65. The van der Waals surface area contributed by atoms with Crippen LogP contribution in [0.1, 0.15) is 12.6 Å². The van der Waals surface area contributed by atoms with Crippen LogP contribution in [0.5, 0.6) is 0 Å². The first-order valence-corrected chi connectivity index (χ1v) is 10.9. The largest absolute Gasteiger partial charge is 0.354 e. The van der Waals surface area contributed by atoms with Crippen molar-refractivity contribution in [3.05, 3.63) is 53.4 Å². The number of hydrogen-bond donors (Lipinski definition) is 0. The van der Waals surface area contributed by atoms with Crippen LogP contribution < -0.4 is 4.90 Å². The summed E-state index contributed by atoms with van der Waals surface area (Å²) in [5.41, 5.74) is 5.73. The molecule has 1 fully saturated rings. The first kappa shape index (κ1) is 19.3. The third-order valence-corrected chi connectivity index (χ3v) is 6.43. The quantitative estimate of drug-likeness (QED) is 0.469. The predicted octanol–water partition coefficient (Wildman–Crippen LogP) is 4.99. The van der Waals surface area contributed by atoms with Gasteiger partial charge in [0.15, 0.2) is 0 Å². The van der Waals surface area contributed by atoms with Crippen LogP contribution in [0.4, 0.5) is 5.82 Å². The lowest BCUT2D eigenvalue weighted by molar-refractivity contribution is 0.312. The van der Waals surface area contributed by atoms with Gasteiger partial charge in [0, 0.05) is 66.5 Å². The van der Waals surface area contributed by atoms with Gasteiger partial charge in [0.25, 0.3) is 0 Å². The van der Waals surface area contributed by atoms with Gasteiger partial charge in [-0.2, -0.15) is 0 Å². The maximum atomic E-state index is 6.61. The first-order valence-electron chi connectivity index (χ1n) is 10.5. The van der Waals surface area contributed by atoms with Crippen molar-refractivity contribution in [3.8, 4) is 11.1 Å². The topological polar surface area (TPSA) is 37.2 Å². The molecule has 1 aromatic carbocycles. The molecule has 6 heteroatoms. The molecule has 1 saturated heterocycles. The van der Waals surface area contributed by atoms with E-state index in [9.17, 15) is 0 Å². The molecule has 30 heavy (non-hydrogen) atoms. The molecule has 0 unspecified atom stereocenters. The van der Waals surface area contributed by atoms with Gasteiger partial charge in [0.2, 0.25) is 0 Å². The number of halogens is 1. The van der Waals surface area contributed by atoms with E-state index < -0.39 is 0 Å². The van der Waals surface area contributed by atoms with Crippen molar-refractivity contribution < 1.29 is 0 Å². The molecule has 4 heterocycles. The molecule has 0 N–H and O–H groups in total. The smallest absolute Gasteiger partial charge is 0.129 e. The second-order valence-corrected chi connectivity index (χ2v) is 8.52. The number of rotatable bonds is 3. The molecule has 0 amide bonds. The Kier molecular flexibility index (Phi) is 4.88. The second kappa shape index (κ2) is 7.56. The number of anilines is 1. The Hall–Kier alpha value is -2.63. The summed E-state index contributed by atoms with van der Waals surface area (Å²) in [4.78, 5) is 13.9. The van der Waals surface area contributed by atoms with Crippen LogP contribution in [0.2, 0.25) is 5.02 Å². The molecule has 1 aliphatic rings. The highest BCUT2D eigenvalue weighted by molar-refractivity contribution is 6.32. The molecule has 0 saturated carbocycles. The van der Waals surface area contributed by atoms with Crippen molar-refractivity contribution in [2.24, 2.45) is 0 Å². The summed E-state index contributed by atoms with van der Waals surface area (Å²) in [5, 5.41) is 3.13. The minimum absolute atomic E-state index is 0.750. The first-order chi connectivity index (χ1) is 14.6. The van der Waals surface area contributed by atoms with Gasteiger partial charge >= 0.3 is 0 Å². The van der Waals surface area contributed by atoms with Crippen LogP contribution in [0, 0.1) is 6.92 Å². The van der Waals surface area contributed by atoms with Gasteiger partial charge < -0.3 is 14.4 Å². The van der Waals surface area contributed by atoms with Crippen LogP contribution in [0.15, 0.2) is 42.7 Å². The predicted molar refractivity (Wildman–Crippen MR) is 126 cm³/mol. The molecule has 0 atom stereocenters. The SMILES string of the molecule is CCn1c2c(-c3ccnc(N4CCN(C)CC4)c3)cc(Cl)cc2c2ccnc(C)c21. The zero-order valence-electron chi connectivity index (χ0n) is 17.7. The molecular weight excluding hydrogens is 394 g/mol. The van der Waals surface area contributed by atoms with Crippen LogP contribution in [-0.4, -0.2) is 52.7 Å². The van der Waals surface area contributed by atoms with E-state index in [2.05, 4.69) is 75.6 Å². The monoisotopic (exact) mass is 419 g/mol. The van der Waals surface area contributed by atoms with Gasteiger partial charge in [-0.1, -0.05) is 11.6 Å². The van der Waals surface area contributed by atoms with E-state index >= 15 is 0 Å². The van der Waals surface area contributed by atoms with Crippen LogP contribution in [-0.2, 0) is 6.54 Å². The van der Waals surface area contributed by atoms with Crippen molar-refractivity contribution in [1.82, 2.24) is 19.4 Å². The van der Waals surface area contributed by atoms with E-state index in [1.165, 1.54) is 21.8 Å². The van der Waals surface area contributed by atoms with Crippen LogP contribution in [0.3, 0.4) is 0 Å². The zero-order valence-corrected chi connectivity index (χ0v) is 18.4. The third-order valence-electron chi connectivity index (χ3n) is 6.21. The molecule has 0 bridgehead atoms. The molecule has 0 spiro atoms. The fourth-order valence-corrected chi connectivity index (χ4v) is 4.87. The number of nitrogens with zero attached hydrogens (tertiary/aromatic N) is 5. The minimum Gasteiger partial charge on any atom is -0.354 e. The van der Waals surface area contributed by atoms with Crippen molar-refractivity contribution in [2.75, 3.05) is 38.1 Å². The number of benzene rings is 1. The molecule has 154 valence electrons. The highest BCUT2D eigenvalue weighted by Crippen LogP contribution is 2.39. The average molecular weight is 420 g/mol. The Morgan fingerprint density at radius 2 is 1.70 bits per heavy atom. The van der Waals surface area contributed by atoms with Gasteiger partial charge in [-0.25, -0.2) is 4.98 Å². The molecule has 1 aliphatic heterocycles. The summed E-state index contributed by atoms with van der Waals surface area (Å²) in [6, 6.07) is 10.6. The number of pyridine rings is 2. The highest BCUT2D eigenvalue weighted by Gasteiger charge is 2.19. The Labute approximate surface area is 181 Å². The molecule has 4 aromatic rings. The molecule has 5 nitrogen and oxygen atoms in total. The average Bonchev–Trinajstić information content (AvgIpc) is 3.08. The zero-order chi connectivity index (χ0) is 20.8. The number of piperazine rings is 1. The summed E-state index contributed by atoms with van der Waals surface area (Å²) < 4.78 is 2.37. The molecular formula is C24H26ClN5. The maximum Gasteiger partial charge on any atom is 0.129 e. The summed E-state index contributed by atoms with van der Waals surface area (Å²) in [6.07, 6.45) is 3.80. The highest BCUT2D eigenvalue weighted by atomic mass is 35.5. The van der Waals surface area contributed by atoms with Gasteiger partial charge in [-0.3, -0.25) is 4.98 Å². The summed E-state index contributed by atoms with van der Waals surface area (Å²) in [6.45, 7) is 9.25. The van der Waals surface area contributed by atoms with E-state index in [0.717, 1.165) is 60.4 Å². The molecule has 5 rings (SSSR count). The summed E-state index contributed by atoms with van der Waals surface area (Å²) in [7, 11) is 2.17. The second-order valence-electron chi connectivity index (χ2n) is 8.08. The van der Waals surface area contributed by atoms with E-state index in [4.69, 9.17) is 11.6 Å². The van der Waals surface area contributed by atoms with Gasteiger partial charge in [0.1, 0.15) is 5.82 Å². The third kappa shape index (κ3) is 3.13. The van der Waals surface area contributed by atoms with E-state index in [-0.39, 0.29) is 0 Å². The lowest BCUT2D eigenvalue weighted by Crippen LogP contribution is -2.44. The Bertz CT molecular complexity index is 1240. The number of hydrogen-bond acceptors (Lipinski definition) is 4. The van der Waals surface area contributed by atoms with Gasteiger partial charge in [-0.05, 0) is 56.8 Å². The number of fused-ring (bicyclic) bond motifs is 3. The van der Waals surface area contributed by atoms with Crippen LogP contribution >= 0.6 is 11.6 Å². The van der Waals surface area contributed by atoms with Crippen molar-refractivity contribution >= 4 is 39.2 Å². The number of aryl methyl sites for hydroxylation is 2. The number of likely N-dealkylation sites (N-methyl/N-ethyl adjacent to an activating group) is 1. The van der Waals surface area contributed by atoms with Crippen molar-refractivity contribution in [3.63, 3.8) is 0 Å². The standard InChI is InChI=1S/C24H26ClN5/c1-4-30-23-16(2)26-8-6-19(23)21-15-18(25)14-20(24(21)30)17-5-7-27-22(13-17)29-11-9-28(3)10-12-29/h5-8,13-15H,4,9-12H2,1-3H3. The van der Waals surface area contributed by atoms with E-state index in [1.807, 2.05) is 12.4 Å². The molecule has 3 aromatic heterocycles. The minimum atomic E-state index is 0.750. The fraction of sp³-hybridized carbons (Fsp3) is 0.333.